The molecule has 20 heavy (non-hydrogen) atoms. The molecule has 2 nitrogen and oxygen atoms in total. The number of halogens is 3. The summed E-state index contributed by atoms with van der Waals surface area (Å²) in [6.07, 6.45) is 0. The molecule has 106 valence electrons. The van der Waals surface area contributed by atoms with Gasteiger partial charge in [-0.1, -0.05) is 51.3 Å². The molecule has 0 spiro atoms. The van der Waals surface area contributed by atoms with Gasteiger partial charge in [0.25, 0.3) is 0 Å². The molecular formula is C15H14BrCl2NO. The van der Waals surface area contributed by atoms with Crippen LogP contribution in [0.5, 0.6) is 5.75 Å². The number of hydrogen-bond donors (Lipinski definition) is 1. The van der Waals surface area contributed by atoms with Crippen LogP contribution in [0.15, 0.2) is 40.9 Å². The first-order valence-electron chi connectivity index (χ1n) is 6.02. The Kier molecular flexibility index (Phi) is 5.33. The zero-order chi connectivity index (χ0) is 14.7. The number of benzene rings is 2. The van der Waals surface area contributed by atoms with Crippen LogP contribution in [0.25, 0.3) is 0 Å². The second-order valence-corrected chi connectivity index (χ2v) is 5.98. The summed E-state index contributed by atoms with van der Waals surface area (Å²) in [5.41, 5.74) is 2.15. The highest BCUT2D eigenvalue weighted by molar-refractivity contribution is 9.10. The van der Waals surface area contributed by atoms with Crippen molar-refractivity contribution in [1.82, 2.24) is 5.32 Å². The molecule has 0 fully saturated rings. The summed E-state index contributed by atoms with van der Waals surface area (Å²) in [5.74, 6) is 0.667. The van der Waals surface area contributed by atoms with Gasteiger partial charge in [-0.2, -0.15) is 0 Å². The Labute approximate surface area is 137 Å². The molecule has 0 aliphatic carbocycles. The minimum Gasteiger partial charge on any atom is -0.495 e. The summed E-state index contributed by atoms with van der Waals surface area (Å²) in [6.45, 7) is 0. The lowest BCUT2D eigenvalue weighted by Gasteiger charge is -2.19. The van der Waals surface area contributed by atoms with E-state index in [1.54, 1.807) is 7.11 Å². The number of methoxy groups -OCH3 is 1. The van der Waals surface area contributed by atoms with Gasteiger partial charge in [0.15, 0.2) is 0 Å². The van der Waals surface area contributed by atoms with Crippen LogP contribution in [0.1, 0.15) is 17.2 Å². The monoisotopic (exact) mass is 373 g/mol. The molecular weight excluding hydrogens is 361 g/mol. The maximum Gasteiger partial charge on any atom is 0.137 e. The van der Waals surface area contributed by atoms with E-state index in [9.17, 15) is 0 Å². The van der Waals surface area contributed by atoms with Gasteiger partial charge >= 0.3 is 0 Å². The van der Waals surface area contributed by atoms with Crippen molar-refractivity contribution >= 4 is 39.1 Å². The summed E-state index contributed by atoms with van der Waals surface area (Å²) >= 11 is 15.7. The molecule has 1 N–H and O–H groups in total. The van der Waals surface area contributed by atoms with E-state index in [0.717, 1.165) is 15.6 Å². The molecule has 1 unspecified atom stereocenters. The molecule has 0 aliphatic heterocycles. The summed E-state index contributed by atoms with van der Waals surface area (Å²) in [6, 6.07) is 11.5. The van der Waals surface area contributed by atoms with Crippen LogP contribution in [0.4, 0.5) is 0 Å². The van der Waals surface area contributed by atoms with Gasteiger partial charge < -0.3 is 10.1 Å². The van der Waals surface area contributed by atoms with Crippen molar-refractivity contribution in [1.29, 1.82) is 0 Å². The third-order valence-corrected chi connectivity index (χ3v) is 4.29. The van der Waals surface area contributed by atoms with E-state index in [0.29, 0.717) is 15.8 Å². The quantitative estimate of drug-likeness (QED) is 0.806. The molecule has 5 heteroatoms. The van der Waals surface area contributed by atoms with E-state index in [-0.39, 0.29) is 6.04 Å². The standard InChI is InChI=1S/C15H14BrCl2NO/c1-19-15(11-5-4-10(17)8-12(11)16)9-3-6-14(20-2)13(18)7-9/h3-8,15,19H,1-2H3. The van der Waals surface area contributed by atoms with Crippen LogP contribution in [-0.4, -0.2) is 14.2 Å². The normalized spacial score (nSPS) is 12.2. The fourth-order valence-electron chi connectivity index (χ4n) is 2.10. The van der Waals surface area contributed by atoms with Crippen molar-refractivity contribution in [2.45, 2.75) is 6.04 Å². The zero-order valence-electron chi connectivity index (χ0n) is 11.1. The molecule has 0 radical (unpaired) electrons. The second-order valence-electron chi connectivity index (χ2n) is 4.28. The third-order valence-electron chi connectivity index (χ3n) is 3.07. The predicted octanol–water partition coefficient (Wildman–Crippen LogP) is 5.07. The number of rotatable bonds is 4. The fourth-order valence-corrected chi connectivity index (χ4v) is 3.28. The smallest absolute Gasteiger partial charge is 0.137 e. The van der Waals surface area contributed by atoms with Gasteiger partial charge in [0.05, 0.1) is 18.2 Å². The first-order valence-corrected chi connectivity index (χ1v) is 7.57. The van der Waals surface area contributed by atoms with Gasteiger partial charge in [-0.05, 0) is 42.4 Å². The summed E-state index contributed by atoms with van der Waals surface area (Å²) in [4.78, 5) is 0. The van der Waals surface area contributed by atoms with Crippen LogP contribution in [0, 0.1) is 0 Å². The average molecular weight is 375 g/mol. The van der Waals surface area contributed by atoms with Crippen LogP contribution < -0.4 is 10.1 Å². The lowest BCUT2D eigenvalue weighted by atomic mass is 9.99. The molecule has 0 aliphatic rings. The summed E-state index contributed by atoms with van der Waals surface area (Å²) in [5, 5.41) is 4.58. The third kappa shape index (κ3) is 3.29. The van der Waals surface area contributed by atoms with E-state index < -0.39 is 0 Å². The Morgan fingerprint density at radius 2 is 1.90 bits per heavy atom. The van der Waals surface area contributed by atoms with Crippen LogP contribution in [0.2, 0.25) is 10.0 Å². The molecule has 2 aromatic carbocycles. The van der Waals surface area contributed by atoms with Crippen molar-refractivity contribution in [2.75, 3.05) is 14.2 Å². The van der Waals surface area contributed by atoms with Crippen LogP contribution in [0.3, 0.4) is 0 Å². The van der Waals surface area contributed by atoms with Gasteiger partial charge in [-0.3, -0.25) is 0 Å². The Balaban J connectivity index is 2.44. The topological polar surface area (TPSA) is 21.3 Å². The summed E-state index contributed by atoms with van der Waals surface area (Å²) in [7, 11) is 3.51. The van der Waals surface area contributed by atoms with Crippen molar-refractivity contribution in [3.05, 3.63) is 62.0 Å². The lowest BCUT2D eigenvalue weighted by molar-refractivity contribution is 0.414. The largest absolute Gasteiger partial charge is 0.495 e. The SMILES string of the molecule is CNC(c1ccc(OC)c(Cl)c1)c1ccc(Cl)cc1Br. The van der Waals surface area contributed by atoms with Crippen LogP contribution >= 0.6 is 39.1 Å². The minimum atomic E-state index is 0.0186. The zero-order valence-corrected chi connectivity index (χ0v) is 14.2. The maximum atomic E-state index is 6.20. The Bertz CT molecular complexity index is 619. The average Bonchev–Trinajstić information content (AvgIpc) is 2.42. The lowest BCUT2D eigenvalue weighted by Crippen LogP contribution is -2.18. The highest BCUT2D eigenvalue weighted by Gasteiger charge is 2.16. The van der Waals surface area contributed by atoms with Gasteiger partial charge in [-0.25, -0.2) is 0 Å². The molecule has 0 bridgehead atoms. The van der Waals surface area contributed by atoms with E-state index >= 15 is 0 Å². The van der Waals surface area contributed by atoms with E-state index in [4.69, 9.17) is 27.9 Å². The van der Waals surface area contributed by atoms with Gasteiger partial charge in [0.1, 0.15) is 5.75 Å². The first kappa shape index (κ1) is 15.6. The first-order chi connectivity index (χ1) is 9.56. The molecule has 0 aromatic heterocycles. The molecule has 0 heterocycles. The van der Waals surface area contributed by atoms with Gasteiger partial charge in [0, 0.05) is 9.50 Å². The van der Waals surface area contributed by atoms with Crippen molar-refractivity contribution < 1.29 is 4.74 Å². The molecule has 0 amide bonds. The number of nitrogens with one attached hydrogen (secondary N) is 1. The van der Waals surface area contributed by atoms with Crippen LogP contribution in [-0.2, 0) is 0 Å². The second kappa shape index (κ2) is 6.81. The molecule has 2 aromatic rings. The van der Waals surface area contributed by atoms with Crippen molar-refractivity contribution in [3.8, 4) is 5.75 Å². The molecule has 0 saturated carbocycles. The maximum absolute atomic E-state index is 6.20. The Hall–Kier alpha value is -0.740. The Morgan fingerprint density at radius 1 is 1.15 bits per heavy atom. The molecule has 2 rings (SSSR count). The van der Waals surface area contributed by atoms with Crippen molar-refractivity contribution in [2.24, 2.45) is 0 Å². The van der Waals surface area contributed by atoms with Crippen molar-refractivity contribution in [3.63, 3.8) is 0 Å². The molecule has 0 saturated heterocycles. The minimum absolute atomic E-state index is 0.0186. The highest BCUT2D eigenvalue weighted by Crippen LogP contribution is 2.33. The van der Waals surface area contributed by atoms with Gasteiger partial charge in [0.2, 0.25) is 0 Å². The summed E-state index contributed by atoms with van der Waals surface area (Å²) < 4.78 is 6.13. The number of ether oxygens (including phenoxy) is 1. The predicted molar refractivity (Wildman–Crippen MR) is 88.1 cm³/mol. The van der Waals surface area contributed by atoms with E-state index in [2.05, 4.69) is 21.2 Å². The van der Waals surface area contributed by atoms with E-state index in [1.165, 1.54) is 0 Å². The van der Waals surface area contributed by atoms with Gasteiger partial charge in [-0.15, -0.1) is 0 Å². The highest BCUT2D eigenvalue weighted by atomic mass is 79.9. The fraction of sp³-hybridized carbons (Fsp3) is 0.200. The Morgan fingerprint density at radius 3 is 2.45 bits per heavy atom. The van der Waals surface area contributed by atoms with E-state index in [1.807, 2.05) is 43.4 Å². The molecule has 1 atom stereocenters. The number of hydrogen-bond acceptors (Lipinski definition) is 2.